The minimum atomic E-state index is -1.83. The van der Waals surface area contributed by atoms with Crippen molar-refractivity contribution in [2.75, 3.05) is 6.61 Å². The third-order valence-electron chi connectivity index (χ3n) is 16.1. The van der Waals surface area contributed by atoms with Crippen molar-refractivity contribution in [1.82, 2.24) is 0 Å². The van der Waals surface area contributed by atoms with Crippen molar-refractivity contribution in [2.24, 2.45) is 0 Å². The molecule has 79 heavy (non-hydrogen) atoms. The number of fused-ring (bicyclic) bond motifs is 2. The van der Waals surface area contributed by atoms with Gasteiger partial charge in [0.25, 0.3) is 0 Å². The van der Waals surface area contributed by atoms with Gasteiger partial charge >= 0.3 is 17.9 Å². The van der Waals surface area contributed by atoms with Crippen LogP contribution in [0.15, 0.2) is 0 Å². The average Bonchev–Trinajstić information content (AvgIpc) is 3.55. The van der Waals surface area contributed by atoms with Gasteiger partial charge in [0.2, 0.25) is 0 Å². The minimum Gasteiger partial charge on any atom is -0.457 e. The first-order valence-electron chi connectivity index (χ1n) is 30.5. The maximum Gasteiger partial charge on any atom is 0.306 e. The van der Waals surface area contributed by atoms with E-state index in [9.17, 15) is 50.1 Å². The maximum absolute atomic E-state index is 13.6. The van der Waals surface area contributed by atoms with Gasteiger partial charge in [0.1, 0.15) is 61.0 Å². The highest BCUT2D eigenvalue weighted by Gasteiger charge is 2.56. The molecule has 21 atom stereocenters. The summed E-state index contributed by atoms with van der Waals surface area (Å²) in [5.74, 6) is -1.87. The van der Waals surface area contributed by atoms with Gasteiger partial charge in [-0.25, -0.2) is 0 Å². The van der Waals surface area contributed by atoms with E-state index in [0.717, 1.165) is 116 Å². The molecule has 0 bridgehead atoms. The van der Waals surface area contributed by atoms with E-state index in [0.29, 0.717) is 32.1 Å². The summed E-state index contributed by atoms with van der Waals surface area (Å²) < 4.78 is 67.9. The van der Waals surface area contributed by atoms with Crippen molar-refractivity contribution in [1.29, 1.82) is 0 Å². The Bertz CT molecular complexity index is 1710. The van der Waals surface area contributed by atoms with E-state index in [4.69, 9.17) is 52.1 Å². The summed E-state index contributed by atoms with van der Waals surface area (Å²) in [7, 11) is 0. The molecule has 0 aromatic carbocycles. The molecular formula is C58H102O21. The summed E-state index contributed by atoms with van der Waals surface area (Å²) in [6.07, 6.45) is -8.17. The molecule has 21 heteroatoms. The number of unbranched alkanes of at least 4 members (excludes halogenated alkanes) is 12. The van der Waals surface area contributed by atoms with Gasteiger partial charge in [-0.05, 0) is 52.9 Å². The lowest BCUT2D eigenvalue weighted by Gasteiger charge is -2.49. The van der Waals surface area contributed by atoms with Crippen LogP contribution in [0.5, 0.6) is 0 Å². The Morgan fingerprint density at radius 2 is 0.987 bits per heavy atom. The number of hydrogen-bond acceptors (Lipinski definition) is 21. The van der Waals surface area contributed by atoms with E-state index in [1.807, 2.05) is 0 Å². The fraction of sp³-hybridized carbons (Fsp3) is 0.948. The molecule has 0 amide bonds. The van der Waals surface area contributed by atoms with Gasteiger partial charge in [0.15, 0.2) is 43.5 Å². The first-order chi connectivity index (χ1) is 38.0. The lowest BCUT2D eigenvalue weighted by atomic mass is 9.95. The fourth-order valence-corrected chi connectivity index (χ4v) is 11.2. The van der Waals surface area contributed by atoms with Gasteiger partial charge in [-0.2, -0.15) is 0 Å². The number of carbonyl (C=O) groups excluding carboxylic acids is 3. The topological polar surface area (TPSA) is 294 Å². The van der Waals surface area contributed by atoms with Crippen LogP contribution in [0.2, 0.25) is 0 Å². The summed E-state index contributed by atoms with van der Waals surface area (Å²) >= 11 is 0. The summed E-state index contributed by atoms with van der Waals surface area (Å²) in [5, 5.41) is 80.1. The molecule has 0 radical (unpaired) electrons. The third kappa shape index (κ3) is 20.8. The SMILES string of the molecule is CCCCCCCCCC(=O)OC1C(C)OC(OC2C(C)OC(OC3C(C)OC4OC5C(OC(CCCCC)CCCCCCCCCC(=O)OC4C3O)OC(CO)C(O)C5O)C(O)C2OC(=O)CCCCCCC)C(O)C1O. The van der Waals surface area contributed by atoms with Gasteiger partial charge in [-0.1, -0.05) is 143 Å². The van der Waals surface area contributed by atoms with Gasteiger partial charge in [0.05, 0.1) is 31.0 Å². The molecule has 5 aliphatic rings. The second-order valence-corrected chi connectivity index (χ2v) is 22.8. The number of aliphatic hydroxyl groups excluding tert-OH is 7. The molecule has 0 spiro atoms. The van der Waals surface area contributed by atoms with Crippen LogP contribution in [0.4, 0.5) is 0 Å². The average molecular weight is 1140 g/mol. The minimum absolute atomic E-state index is 0.00355. The Labute approximate surface area is 469 Å². The van der Waals surface area contributed by atoms with Gasteiger partial charge in [-0.3, -0.25) is 14.4 Å². The fourth-order valence-electron chi connectivity index (χ4n) is 11.2. The standard InChI is InChI=1S/C58H102O21/c1-7-10-13-15-17-22-27-31-40(60)74-49-35(4)69-55(46(66)45(49)65)78-51-37(6)70-56(48(68)52(51)75-41(61)32-26-20-14-11-8-2)77-50-36(5)71-57-54(47(50)67)76-42(62)33-28-23-19-16-18-21-25-30-38(29-24-12-9-3)72-58-53(79-57)44(64)43(63)39(34-59)73-58/h35-39,43-59,63-68H,7-34H2,1-6H3. The van der Waals surface area contributed by atoms with Crippen LogP contribution in [0.3, 0.4) is 0 Å². The van der Waals surface area contributed by atoms with Gasteiger partial charge in [-0.15, -0.1) is 0 Å². The summed E-state index contributed by atoms with van der Waals surface area (Å²) in [4.78, 5) is 40.1. The molecular weight excluding hydrogens is 1030 g/mol. The van der Waals surface area contributed by atoms with Crippen molar-refractivity contribution < 1.29 is 102 Å². The van der Waals surface area contributed by atoms with Crippen molar-refractivity contribution in [3.8, 4) is 0 Å². The molecule has 5 saturated heterocycles. The summed E-state index contributed by atoms with van der Waals surface area (Å²) in [5.41, 5.74) is 0. The van der Waals surface area contributed by atoms with Crippen molar-refractivity contribution in [3.63, 3.8) is 0 Å². The molecule has 21 nitrogen and oxygen atoms in total. The van der Waals surface area contributed by atoms with E-state index in [2.05, 4.69) is 20.8 Å². The quantitative estimate of drug-likeness (QED) is 0.0314. The van der Waals surface area contributed by atoms with E-state index in [-0.39, 0.29) is 25.4 Å². The highest BCUT2D eigenvalue weighted by atomic mass is 16.8. The Hall–Kier alpha value is -2.19. The predicted octanol–water partition coefficient (Wildman–Crippen LogP) is 5.99. The second-order valence-electron chi connectivity index (χ2n) is 22.8. The summed E-state index contributed by atoms with van der Waals surface area (Å²) in [6, 6.07) is 0. The zero-order chi connectivity index (χ0) is 57.4. The molecule has 5 aliphatic heterocycles. The largest absolute Gasteiger partial charge is 0.457 e. The van der Waals surface area contributed by atoms with Crippen LogP contribution in [0.25, 0.3) is 0 Å². The van der Waals surface area contributed by atoms with Gasteiger partial charge < -0.3 is 87.9 Å². The number of esters is 3. The number of ether oxygens (including phenoxy) is 11. The van der Waals surface area contributed by atoms with Crippen LogP contribution < -0.4 is 0 Å². The van der Waals surface area contributed by atoms with E-state index < -0.39 is 147 Å². The van der Waals surface area contributed by atoms with Crippen LogP contribution >= 0.6 is 0 Å². The lowest BCUT2D eigenvalue weighted by molar-refractivity contribution is -0.388. The molecule has 7 N–H and O–H groups in total. The number of carbonyl (C=O) groups is 3. The lowest BCUT2D eigenvalue weighted by Crippen LogP contribution is -2.67. The second kappa shape index (κ2) is 35.8. The van der Waals surface area contributed by atoms with E-state index >= 15 is 0 Å². The molecule has 0 aromatic heterocycles. The van der Waals surface area contributed by atoms with Crippen LogP contribution in [0, 0.1) is 0 Å². The third-order valence-corrected chi connectivity index (χ3v) is 16.1. The zero-order valence-corrected chi connectivity index (χ0v) is 48.3. The molecule has 460 valence electrons. The highest BCUT2D eigenvalue weighted by molar-refractivity contribution is 5.70. The smallest absolute Gasteiger partial charge is 0.306 e. The number of hydrogen-bond donors (Lipinski definition) is 7. The molecule has 5 fully saturated rings. The Kier molecular flexibility index (Phi) is 30.7. The normalized spacial score (nSPS) is 38.3. The van der Waals surface area contributed by atoms with Crippen molar-refractivity contribution >= 4 is 17.9 Å². The monoisotopic (exact) mass is 1130 g/mol. The molecule has 5 rings (SSSR count). The predicted molar refractivity (Wildman–Crippen MR) is 286 cm³/mol. The Morgan fingerprint density at radius 1 is 0.481 bits per heavy atom. The first kappa shape index (κ1) is 67.6. The maximum atomic E-state index is 13.6. The first-order valence-corrected chi connectivity index (χ1v) is 30.5. The molecule has 0 aliphatic carbocycles. The molecule has 21 unspecified atom stereocenters. The van der Waals surface area contributed by atoms with Crippen molar-refractivity contribution in [2.45, 2.75) is 344 Å². The van der Waals surface area contributed by atoms with Crippen LogP contribution in [0.1, 0.15) is 215 Å². The van der Waals surface area contributed by atoms with Crippen LogP contribution in [-0.4, -0.2) is 189 Å². The number of rotatable bonds is 25. The molecule has 0 aromatic rings. The summed E-state index contributed by atoms with van der Waals surface area (Å²) in [6.45, 7) is 10.4. The zero-order valence-electron chi connectivity index (χ0n) is 48.3. The molecule has 0 saturated carbocycles. The Balaban J connectivity index is 1.35. The van der Waals surface area contributed by atoms with E-state index in [1.165, 1.54) is 13.3 Å². The number of aliphatic hydroxyl groups is 7. The highest BCUT2D eigenvalue weighted by Crippen LogP contribution is 2.37. The van der Waals surface area contributed by atoms with Crippen LogP contribution in [-0.2, 0) is 66.5 Å². The van der Waals surface area contributed by atoms with E-state index in [1.54, 1.807) is 13.8 Å². The van der Waals surface area contributed by atoms with Crippen molar-refractivity contribution in [3.05, 3.63) is 0 Å². The Morgan fingerprint density at radius 3 is 1.61 bits per heavy atom. The van der Waals surface area contributed by atoms with Gasteiger partial charge in [0, 0.05) is 19.3 Å². The molecule has 5 heterocycles.